The van der Waals surface area contributed by atoms with Crippen molar-refractivity contribution in [3.8, 4) is 11.5 Å². The van der Waals surface area contributed by atoms with Gasteiger partial charge in [-0.25, -0.2) is 0 Å². The van der Waals surface area contributed by atoms with Gasteiger partial charge in [0.25, 0.3) is 0 Å². The van der Waals surface area contributed by atoms with Gasteiger partial charge in [-0.2, -0.15) is 8.42 Å². The SMILES string of the molecule is COCC(=O)N(Cc1cccc(OS(=O)(=O)c2ccc(OC)cc2)c1)Cc1ccco1. The van der Waals surface area contributed by atoms with Gasteiger partial charge in [-0.3, -0.25) is 4.79 Å². The number of methoxy groups -OCH3 is 2. The minimum atomic E-state index is -4.02. The van der Waals surface area contributed by atoms with Crippen molar-refractivity contribution in [2.45, 2.75) is 18.0 Å². The Morgan fingerprint density at radius 1 is 0.968 bits per heavy atom. The van der Waals surface area contributed by atoms with Gasteiger partial charge in [-0.05, 0) is 54.1 Å². The molecule has 0 bridgehead atoms. The van der Waals surface area contributed by atoms with Crippen molar-refractivity contribution < 1.29 is 31.3 Å². The Bertz CT molecular complexity index is 1090. The summed E-state index contributed by atoms with van der Waals surface area (Å²) in [7, 11) is -1.08. The maximum absolute atomic E-state index is 12.6. The van der Waals surface area contributed by atoms with Crippen LogP contribution in [-0.2, 0) is 32.7 Å². The first-order valence-corrected chi connectivity index (χ1v) is 10.8. The number of furan rings is 1. The highest BCUT2D eigenvalue weighted by Crippen LogP contribution is 2.23. The summed E-state index contributed by atoms with van der Waals surface area (Å²) in [6.45, 7) is 0.399. The van der Waals surface area contributed by atoms with Gasteiger partial charge in [0, 0.05) is 13.7 Å². The molecule has 164 valence electrons. The normalized spacial score (nSPS) is 11.2. The molecule has 1 aromatic heterocycles. The third-order valence-corrected chi connectivity index (χ3v) is 5.63. The molecule has 3 aromatic rings. The first kappa shape index (κ1) is 22.4. The number of benzene rings is 2. The number of hydrogen-bond donors (Lipinski definition) is 0. The molecular weight excluding hydrogens is 422 g/mol. The fourth-order valence-corrected chi connectivity index (χ4v) is 3.79. The van der Waals surface area contributed by atoms with Crippen molar-refractivity contribution in [3.05, 3.63) is 78.3 Å². The second-order valence-electron chi connectivity index (χ2n) is 6.62. The molecule has 0 spiro atoms. The highest BCUT2D eigenvalue weighted by molar-refractivity contribution is 7.87. The van der Waals surface area contributed by atoms with Crippen LogP contribution in [0.1, 0.15) is 11.3 Å². The van der Waals surface area contributed by atoms with Crippen LogP contribution < -0.4 is 8.92 Å². The number of amides is 1. The molecular formula is C22H23NO7S. The molecule has 0 saturated heterocycles. The van der Waals surface area contributed by atoms with Gasteiger partial charge in [0.15, 0.2) is 0 Å². The molecule has 1 amide bonds. The lowest BCUT2D eigenvalue weighted by Gasteiger charge is -2.21. The first-order valence-electron chi connectivity index (χ1n) is 9.38. The molecule has 9 heteroatoms. The molecule has 2 aromatic carbocycles. The summed E-state index contributed by atoms with van der Waals surface area (Å²) >= 11 is 0. The molecule has 0 aliphatic rings. The molecule has 0 unspecified atom stereocenters. The molecule has 0 atom stereocenters. The van der Waals surface area contributed by atoms with Crippen LogP contribution in [0, 0.1) is 0 Å². The third kappa shape index (κ3) is 6.09. The molecule has 0 radical (unpaired) electrons. The highest BCUT2D eigenvalue weighted by Gasteiger charge is 2.19. The van der Waals surface area contributed by atoms with Gasteiger partial charge in [0.2, 0.25) is 5.91 Å². The van der Waals surface area contributed by atoms with Gasteiger partial charge in [0.1, 0.15) is 28.8 Å². The highest BCUT2D eigenvalue weighted by atomic mass is 32.2. The van der Waals surface area contributed by atoms with E-state index >= 15 is 0 Å². The van der Waals surface area contributed by atoms with Crippen molar-refractivity contribution in [3.63, 3.8) is 0 Å². The van der Waals surface area contributed by atoms with E-state index in [0.29, 0.717) is 17.1 Å². The van der Waals surface area contributed by atoms with E-state index in [9.17, 15) is 13.2 Å². The fraction of sp³-hybridized carbons (Fsp3) is 0.227. The minimum Gasteiger partial charge on any atom is -0.497 e. The number of nitrogens with zero attached hydrogens (tertiary/aromatic N) is 1. The summed E-state index contributed by atoms with van der Waals surface area (Å²) in [6, 6.07) is 16.0. The summed E-state index contributed by atoms with van der Waals surface area (Å²) in [5.41, 5.74) is 0.693. The first-order chi connectivity index (χ1) is 14.9. The maximum Gasteiger partial charge on any atom is 0.339 e. The largest absolute Gasteiger partial charge is 0.497 e. The van der Waals surface area contributed by atoms with E-state index in [-0.39, 0.29) is 36.2 Å². The van der Waals surface area contributed by atoms with E-state index in [1.165, 1.54) is 32.6 Å². The minimum absolute atomic E-state index is 0.00780. The Hall–Kier alpha value is -3.30. The monoisotopic (exact) mass is 445 g/mol. The maximum atomic E-state index is 12.6. The predicted octanol–water partition coefficient (Wildman–Crippen LogP) is 3.23. The fourth-order valence-electron chi connectivity index (χ4n) is 2.87. The number of hydrogen-bond acceptors (Lipinski definition) is 7. The molecule has 0 N–H and O–H groups in total. The van der Waals surface area contributed by atoms with E-state index in [4.69, 9.17) is 18.1 Å². The average Bonchev–Trinajstić information content (AvgIpc) is 3.27. The lowest BCUT2D eigenvalue weighted by molar-refractivity contribution is -0.136. The van der Waals surface area contributed by atoms with Crippen LogP contribution in [0.2, 0.25) is 0 Å². The van der Waals surface area contributed by atoms with Crippen molar-refractivity contribution in [1.29, 1.82) is 0 Å². The second-order valence-corrected chi connectivity index (χ2v) is 8.17. The van der Waals surface area contributed by atoms with E-state index in [1.807, 2.05) is 0 Å². The second kappa shape index (κ2) is 10.1. The molecule has 8 nitrogen and oxygen atoms in total. The Kier molecular flexibility index (Phi) is 7.32. The quantitative estimate of drug-likeness (QED) is 0.442. The summed E-state index contributed by atoms with van der Waals surface area (Å²) in [6.07, 6.45) is 1.53. The van der Waals surface area contributed by atoms with Crippen LogP contribution in [0.5, 0.6) is 11.5 Å². The van der Waals surface area contributed by atoms with E-state index in [0.717, 1.165) is 0 Å². The van der Waals surface area contributed by atoms with Crippen molar-refractivity contribution in [2.75, 3.05) is 20.8 Å². The van der Waals surface area contributed by atoms with Crippen molar-refractivity contribution in [2.24, 2.45) is 0 Å². The van der Waals surface area contributed by atoms with Crippen LogP contribution in [-0.4, -0.2) is 40.1 Å². The Labute approximate surface area is 181 Å². The zero-order valence-electron chi connectivity index (χ0n) is 17.2. The van der Waals surface area contributed by atoms with Crippen LogP contribution >= 0.6 is 0 Å². The predicted molar refractivity (Wildman–Crippen MR) is 112 cm³/mol. The molecule has 3 rings (SSSR count). The van der Waals surface area contributed by atoms with Gasteiger partial charge < -0.3 is 23.0 Å². The van der Waals surface area contributed by atoms with Crippen LogP contribution in [0.15, 0.2) is 76.2 Å². The summed E-state index contributed by atoms with van der Waals surface area (Å²) < 4.78 is 45.8. The lowest BCUT2D eigenvalue weighted by Crippen LogP contribution is -2.32. The molecule has 0 aliphatic heterocycles. The number of ether oxygens (including phenoxy) is 2. The van der Waals surface area contributed by atoms with Gasteiger partial charge in [-0.1, -0.05) is 12.1 Å². The Balaban J connectivity index is 1.76. The van der Waals surface area contributed by atoms with Gasteiger partial charge >= 0.3 is 10.1 Å². The number of carbonyl (C=O) groups excluding carboxylic acids is 1. The smallest absolute Gasteiger partial charge is 0.339 e. The van der Waals surface area contributed by atoms with Crippen LogP contribution in [0.4, 0.5) is 0 Å². The zero-order chi connectivity index (χ0) is 22.3. The Morgan fingerprint density at radius 2 is 1.74 bits per heavy atom. The lowest BCUT2D eigenvalue weighted by atomic mass is 10.2. The number of carbonyl (C=O) groups is 1. The van der Waals surface area contributed by atoms with Crippen molar-refractivity contribution in [1.82, 2.24) is 4.90 Å². The standard InChI is InChI=1S/C22H23NO7S/c1-27-16-22(24)23(15-20-7-4-12-29-20)14-17-5-3-6-19(13-17)30-31(25,26)21-10-8-18(28-2)9-11-21/h3-13H,14-16H2,1-2H3. The van der Waals surface area contributed by atoms with E-state index < -0.39 is 10.1 Å². The van der Waals surface area contributed by atoms with E-state index in [1.54, 1.807) is 53.4 Å². The zero-order valence-corrected chi connectivity index (χ0v) is 18.0. The Morgan fingerprint density at radius 3 is 2.39 bits per heavy atom. The summed E-state index contributed by atoms with van der Waals surface area (Å²) in [5.74, 6) is 1.08. The van der Waals surface area contributed by atoms with Gasteiger partial charge in [-0.15, -0.1) is 0 Å². The number of rotatable bonds is 10. The summed E-state index contributed by atoms with van der Waals surface area (Å²) in [4.78, 5) is 14.0. The van der Waals surface area contributed by atoms with Crippen LogP contribution in [0.25, 0.3) is 0 Å². The van der Waals surface area contributed by atoms with E-state index in [2.05, 4.69) is 0 Å². The third-order valence-electron chi connectivity index (χ3n) is 4.37. The van der Waals surface area contributed by atoms with Crippen LogP contribution in [0.3, 0.4) is 0 Å². The topological polar surface area (TPSA) is 95.3 Å². The van der Waals surface area contributed by atoms with Gasteiger partial charge in [0.05, 0.1) is 19.9 Å². The average molecular weight is 445 g/mol. The summed E-state index contributed by atoms with van der Waals surface area (Å²) in [5, 5.41) is 0. The molecule has 0 fully saturated rings. The molecule has 0 saturated carbocycles. The molecule has 31 heavy (non-hydrogen) atoms. The molecule has 0 aliphatic carbocycles. The van der Waals surface area contributed by atoms with Crippen molar-refractivity contribution >= 4 is 16.0 Å². The molecule has 1 heterocycles.